The highest BCUT2D eigenvalue weighted by atomic mass is 79.9. The van der Waals surface area contributed by atoms with Crippen LogP contribution in [0.2, 0.25) is 0 Å². The summed E-state index contributed by atoms with van der Waals surface area (Å²) in [6.45, 7) is 1.52. The third kappa shape index (κ3) is 4.41. The lowest BCUT2D eigenvalue weighted by atomic mass is 10.1. The Labute approximate surface area is 139 Å². The Morgan fingerprint density at radius 3 is 2.48 bits per heavy atom. The molecule has 0 aliphatic rings. The summed E-state index contributed by atoms with van der Waals surface area (Å²) >= 11 is 3.25. The fraction of sp³-hybridized carbons (Fsp3) is 0.125. The summed E-state index contributed by atoms with van der Waals surface area (Å²) in [6, 6.07) is 11.5. The number of benzene rings is 2. The minimum absolute atomic E-state index is 0.275. The molecule has 7 heteroatoms. The van der Waals surface area contributed by atoms with Crippen LogP contribution in [0.1, 0.15) is 28.4 Å². The van der Waals surface area contributed by atoms with E-state index in [9.17, 15) is 18.0 Å². The number of carbonyl (C=O) groups is 1. The zero-order valence-electron chi connectivity index (χ0n) is 12.0. The van der Waals surface area contributed by atoms with Crippen molar-refractivity contribution in [3.05, 3.63) is 69.7 Å². The number of halogens is 4. The second kappa shape index (κ2) is 6.95. The maximum absolute atomic E-state index is 12.7. The molecule has 120 valence electrons. The van der Waals surface area contributed by atoms with Gasteiger partial charge in [-0.3, -0.25) is 4.79 Å². The third-order valence-electron chi connectivity index (χ3n) is 3.05. The van der Waals surface area contributed by atoms with E-state index in [0.29, 0.717) is 10.0 Å². The van der Waals surface area contributed by atoms with E-state index >= 15 is 0 Å². The van der Waals surface area contributed by atoms with Crippen LogP contribution in [0.4, 0.5) is 13.2 Å². The van der Waals surface area contributed by atoms with E-state index < -0.39 is 17.6 Å². The van der Waals surface area contributed by atoms with Gasteiger partial charge < -0.3 is 0 Å². The molecular weight excluding hydrogens is 373 g/mol. The first-order valence-electron chi connectivity index (χ1n) is 6.56. The van der Waals surface area contributed by atoms with Crippen molar-refractivity contribution in [3.63, 3.8) is 0 Å². The largest absolute Gasteiger partial charge is 0.416 e. The van der Waals surface area contributed by atoms with Crippen LogP contribution in [0.3, 0.4) is 0 Å². The highest BCUT2D eigenvalue weighted by molar-refractivity contribution is 9.10. The van der Waals surface area contributed by atoms with Crippen LogP contribution in [-0.4, -0.2) is 11.6 Å². The summed E-state index contributed by atoms with van der Waals surface area (Å²) in [6.07, 6.45) is -4.42. The number of amides is 1. The fourth-order valence-corrected chi connectivity index (χ4v) is 2.29. The molecule has 1 amide bonds. The molecule has 0 aromatic heterocycles. The number of alkyl halides is 3. The highest BCUT2D eigenvalue weighted by Gasteiger charge is 2.30. The molecule has 0 spiro atoms. The van der Waals surface area contributed by atoms with Gasteiger partial charge in [-0.1, -0.05) is 24.3 Å². The SMILES string of the molecule is C/C(=N/NC(=O)c1ccccc1Br)c1cccc(C(F)(F)F)c1. The van der Waals surface area contributed by atoms with Crippen molar-refractivity contribution in [2.75, 3.05) is 0 Å². The van der Waals surface area contributed by atoms with Gasteiger partial charge in [-0.15, -0.1) is 0 Å². The van der Waals surface area contributed by atoms with Gasteiger partial charge in [0.05, 0.1) is 16.8 Å². The first kappa shape index (κ1) is 17.2. The summed E-state index contributed by atoms with van der Waals surface area (Å²) in [5, 5.41) is 3.86. The Bertz CT molecular complexity index is 757. The quantitative estimate of drug-likeness (QED) is 0.608. The second-order valence-corrected chi connectivity index (χ2v) is 5.55. The van der Waals surface area contributed by atoms with Crippen molar-refractivity contribution in [1.29, 1.82) is 0 Å². The number of hydrogen-bond donors (Lipinski definition) is 1. The van der Waals surface area contributed by atoms with Crippen LogP contribution in [0, 0.1) is 0 Å². The Kier molecular flexibility index (Phi) is 5.20. The molecule has 0 radical (unpaired) electrons. The van der Waals surface area contributed by atoms with Crippen molar-refractivity contribution in [2.24, 2.45) is 5.10 Å². The number of rotatable bonds is 3. The summed E-state index contributed by atoms with van der Waals surface area (Å²) in [4.78, 5) is 12.0. The van der Waals surface area contributed by atoms with Gasteiger partial charge in [0.25, 0.3) is 5.91 Å². The molecule has 3 nitrogen and oxygen atoms in total. The van der Waals surface area contributed by atoms with Crippen molar-refractivity contribution >= 4 is 27.5 Å². The van der Waals surface area contributed by atoms with Gasteiger partial charge in [-0.2, -0.15) is 18.3 Å². The predicted octanol–water partition coefficient (Wildman–Crippen LogP) is 4.62. The van der Waals surface area contributed by atoms with E-state index in [1.54, 1.807) is 24.3 Å². The molecule has 1 N–H and O–H groups in total. The van der Waals surface area contributed by atoms with Gasteiger partial charge in [0.15, 0.2) is 0 Å². The van der Waals surface area contributed by atoms with Gasteiger partial charge >= 0.3 is 6.18 Å². The summed E-state index contributed by atoms with van der Waals surface area (Å²) < 4.78 is 38.7. The number of nitrogens with zero attached hydrogens (tertiary/aromatic N) is 1. The van der Waals surface area contributed by atoms with Crippen LogP contribution >= 0.6 is 15.9 Å². The van der Waals surface area contributed by atoms with E-state index in [4.69, 9.17) is 0 Å². The van der Waals surface area contributed by atoms with E-state index in [2.05, 4.69) is 26.5 Å². The van der Waals surface area contributed by atoms with Crippen molar-refractivity contribution in [3.8, 4) is 0 Å². The van der Waals surface area contributed by atoms with Crippen LogP contribution in [0.25, 0.3) is 0 Å². The molecule has 0 fully saturated rings. The number of hydrogen-bond acceptors (Lipinski definition) is 2. The van der Waals surface area contributed by atoms with Gasteiger partial charge in [0.2, 0.25) is 0 Å². The monoisotopic (exact) mass is 384 g/mol. The molecule has 0 atom stereocenters. The molecule has 0 bridgehead atoms. The van der Waals surface area contributed by atoms with Crippen molar-refractivity contribution in [2.45, 2.75) is 13.1 Å². The van der Waals surface area contributed by atoms with Gasteiger partial charge in [0.1, 0.15) is 0 Å². The molecule has 0 saturated heterocycles. The molecule has 0 unspecified atom stereocenters. The average Bonchev–Trinajstić information content (AvgIpc) is 2.52. The fourth-order valence-electron chi connectivity index (χ4n) is 1.83. The maximum atomic E-state index is 12.7. The topological polar surface area (TPSA) is 41.5 Å². The number of nitrogens with one attached hydrogen (secondary N) is 1. The van der Waals surface area contributed by atoms with Gasteiger partial charge in [-0.25, -0.2) is 5.43 Å². The van der Waals surface area contributed by atoms with Crippen LogP contribution in [-0.2, 0) is 6.18 Å². The van der Waals surface area contributed by atoms with Crippen LogP contribution < -0.4 is 5.43 Å². The van der Waals surface area contributed by atoms with Crippen LogP contribution in [0.15, 0.2) is 58.1 Å². The first-order valence-corrected chi connectivity index (χ1v) is 7.35. The Balaban J connectivity index is 2.18. The summed E-state index contributed by atoms with van der Waals surface area (Å²) in [5.41, 5.74) is 2.51. The number of hydrazone groups is 1. The summed E-state index contributed by atoms with van der Waals surface area (Å²) in [5.74, 6) is -0.455. The van der Waals surface area contributed by atoms with E-state index in [1.807, 2.05) is 0 Å². The molecule has 23 heavy (non-hydrogen) atoms. The highest BCUT2D eigenvalue weighted by Crippen LogP contribution is 2.29. The van der Waals surface area contributed by atoms with E-state index in [0.717, 1.165) is 12.1 Å². The average molecular weight is 385 g/mol. The minimum atomic E-state index is -4.42. The second-order valence-electron chi connectivity index (χ2n) is 4.70. The lowest BCUT2D eigenvalue weighted by Crippen LogP contribution is -2.20. The third-order valence-corrected chi connectivity index (χ3v) is 3.74. The predicted molar refractivity (Wildman–Crippen MR) is 85.3 cm³/mol. The zero-order chi connectivity index (χ0) is 17.0. The molecule has 0 aliphatic heterocycles. The lowest BCUT2D eigenvalue weighted by Gasteiger charge is -2.09. The van der Waals surface area contributed by atoms with Gasteiger partial charge in [0, 0.05) is 4.47 Å². The number of carbonyl (C=O) groups excluding carboxylic acids is 1. The Morgan fingerprint density at radius 1 is 1.13 bits per heavy atom. The standard InChI is InChI=1S/C16H12BrF3N2O/c1-10(11-5-4-6-12(9-11)16(18,19)20)21-22-15(23)13-7-2-3-8-14(13)17/h2-9H,1H3,(H,22,23)/b21-10-. The van der Waals surface area contributed by atoms with Crippen molar-refractivity contribution in [1.82, 2.24) is 5.43 Å². The van der Waals surface area contributed by atoms with E-state index in [1.165, 1.54) is 19.1 Å². The van der Waals surface area contributed by atoms with E-state index in [-0.39, 0.29) is 11.3 Å². The smallest absolute Gasteiger partial charge is 0.267 e. The van der Waals surface area contributed by atoms with Crippen molar-refractivity contribution < 1.29 is 18.0 Å². The molecule has 0 saturated carbocycles. The molecule has 2 aromatic rings. The molecule has 2 aromatic carbocycles. The molecular formula is C16H12BrF3N2O. The molecule has 2 rings (SSSR count). The zero-order valence-corrected chi connectivity index (χ0v) is 13.6. The Hall–Kier alpha value is -2.15. The maximum Gasteiger partial charge on any atom is 0.416 e. The minimum Gasteiger partial charge on any atom is -0.267 e. The van der Waals surface area contributed by atoms with Gasteiger partial charge in [-0.05, 0) is 52.7 Å². The first-order chi connectivity index (χ1) is 10.8. The molecule has 0 heterocycles. The van der Waals surface area contributed by atoms with Crippen LogP contribution in [0.5, 0.6) is 0 Å². The summed E-state index contributed by atoms with van der Waals surface area (Å²) in [7, 11) is 0. The normalized spacial score (nSPS) is 12.1. The lowest BCUT2D eigenvalue weighted by molar-refractivity contribution is -0.137. The Morgan fingerprint density at radius 2 is 1.83 bits per heavy atom. The molecule has 0 aliphatic carbocycles.